The van der Waals surface area contributed by atoms with E-state index in [0.29, 0.717) is 11.8 Å². The summed E-state index contributed by atoms with van der Waals surface area (Å²) in [6.45, 7) is 5.07. The highest BCUT2D eigenvalue weighted by atomic mass is 16.5. The molecule has 1 aliphatic rings. The standard InChI is InChI=1S/C22H27N5O2/c1-28-14-13-26-11-9-17(15-26)16-27-12-10-23-22(27)19-5-3-18(4-6-19)20-7-8-21(29-2)25-24-20/h3-8,10,12,17H,9,11,13-16H2,1-2H3. The fourth-order valence-corrected chi connectivity index (χ4v) is 3.85. The highest BCUT2D eigenvalue weighted by Gasteiger charge is 2.23. The third-order valence-electron chi connectivity index (χ3n) is 5.44. The molecule has 0 bridgehead atoms. The van der Waals surface area contributed by atoms with Gasteiger partial charge >= 0.3 is 0 Å². The average Bonchev–Trinajstić information content (AvgIpc) is 3.42. The van der Waals surface area contributed by atoms with E-state index in [1.165, 1.54) is 6.42 Å². The van der Waals surface area contributed by atoms with Gasteiger partial charge in [-0.1, -0.05) is 24.3 Å². The molecule has 0 N–H and O–H groups in total. The molecule has 1 saturated heterocycles. The van der Waals surface area contributed by atoms with Gasteiger partial charge < -0.3 is 18.9 Å². The van der Waals surface area contributed by atoms with E-state index in [1.54, 1.807) is 14.2 Å². The number of rotatable bonds is 8. The molecule has 1 atom stereocenters. The molecule has 29 heavy (non-hydrogen) atoms. The molecule has 1 aliphatic heterocycles. The third-order valence-corrected chi connectivity index (χ3v) is 5.44. The van der Waals surface area contributed by atoms with Crippen LogP contribution < -0.4 is 4.74 Å². The minimum atomic E-state index is 0.514. The molecule has 4 rings (SSSR count). The van der Waals surface area contributed by atoms with Crippen LogP contribution in [0.4, 0.5) is 0 Å². The zero-order valence-corrected chi connectivity index (χ0v) is 17.0. The van der Waals surface area contributed by atoms with Crippen molar-refractivity contribution < 1.29 is 9.47 Å². The van der Waals surface area contributed by atoms with Crippen LogP contribution in [-0.4, -0.2) is 65.1 Å². The molecular formula is C22H27N5O2. The predicted octanol–water partition coefficient (Wildman–Crippen LogP) is 2.98. The van der Waals surface area contributed by atoms with Crippen LogP contribution in [0.3, 0.4) is 0 Å². The Labute approximate surface area is 171 Å². The van der Waals surface area contributed by atoms with Gasteiger partial charge in [0.1, 0.15) is 5.82 Å². The number of hydrogen-bond acceptors (Lipinski definition) is 6. The maximum absolute atomic E-state index is 5.20. The number of aromatic nitrogens is 4. The van der Waals surface area contributed by atoms with Gasteiger partial charge in [0.05, 0.1) is 19.4 Å². The second-order valence-corrected chi connectivity index (χ2v) is 7.39. The van der Waals surface area contributed by atoms with E-state index in [2.05, 4.69) is 55.1 Å². The van der Waals surface area contributed by atoms with E-state index < -0.39 is 0 Å². The molecule has 152 valence electrons. The summed E-state index contributed by atoms with van der Waals surface area (Å²) in [6.07, 6.45) is 5.18. The first kappa shape index (κ1) is 19.5. The van der Waals surface area contributed by atoms with Gasteiger partial charge in [-0.25, -0.2) is 4.98 Å². The quantitative estimate of drug-likeness (QED) is 0.586. The minimum Gasteiger partial charge on any atom is -0.480 e. The number of likely N-dealkylation sites (tertiary alicyclic amines) is 1. The lowest BCUT2D eigenvalue weighted by molar-refractivity contribution is 0.158. The molecule has 7 nitrogen and oxygen atoms in total. The van der Waals surface area contributed by atoms with Gasteiger partial charge in [-0.15, -0.1) is 10.2 Å². The Bertz CT molecular complexity index is 908. The molecule has 3 aromatic rings. The highest BCUT2D eigenvalue weighted by Crippen LogP contribution is 2.25. The second kappa shape index (κ2) is 9.15. The Kier molecular flexibility index (Phi) is 6.17. The summed E-state index contributed by atoms with van der Waals surface area (Å²) >= 11 is 0. The van der Waals surface area contributed by atoms with Gasteiger partial charge in [0.15, 0.2) is 0 Å². The number of nitrogens with zero attached hydrogens (tertiary/aromatic N) is 5. The summed E-state index contributed by atoms with van der Waals surface area (Å²) in [6, 6.07) is 12.1. The summed E-state index contributed by atoms with van der Waals surface area (Å²) in [5, 5.41) is 8.26. The smallest absolute Gasteiger partial charge is 0.233 e. The Hall–Kier alpha value is -2.77. The molecule has 3 heterocycles. The molecule has 1 fully saturated rings. The zero-order valence-electron chi connectivity index (χ0n) is 17.0. The fourth-order valence-electron chi connectivity index (χ4n) is 3.85. The third kappa shape index (κ3) is 4.63. The van der Waals surface area contributed by atoms with Crippen molar-refractivity contribution in [3.05, 3.63) is 48.8 Å². The van der Waals surface area contributed by atoms with Gasteiger partial charge in [-0.05, 0) is 24.9 Å². The van der Waals surface area contributed by atoms with Crippen molar-refractivity contribution in [1.82, 2.24) is 24.6 Å². The van der Waals surface area contributed by atoms with Crippen LogP contribution in [0.5, 0.6) is 5.88 Å². The number of imidazole rings is 1. The first-order valence-corrected chi connectivity index (χ1v) is 9.98. The van der Waals surface area contributed by atoms with Gasteiger partial charge in [-0.2, -0.15) is 0 Å². The van der Waals surface area contributed by atoms with Crippen LogP contribution in [0.25, 0.3) is 22.6 Å². The van der Waals surface area contributed by atoms with E-state index in [-0.39, 0.29) is 0 Å². The lowest BCUT2D eigenvalue weighted by Crippen LogP contribution is -2.25. The number of ether oxygens (including phenoxy) is 2. The normalized spacial score (nSPS) is 17.0. The summed E-state index contributed by atoms with van der Waals surface area (Å²) < 4.78 is 12.5. The van der Waals surface area contributed by atoms with E-state index in [1.807, 2.05) is 18.3 Å². The Morgan fingerprint density at radius 2 is 1.86 bits per heavy atom. The molecule has 1 aromatic carbocycles. The molecule has 2 aromatic heterocycles. The maximum atomic E-state index is 5.20. The van der Waals surface area contributed by atoms with E-state index in [0.717, 1.165) is 55.4 Å². The van der Waals surface area contributed by atoms with E-state index in [4.69, 9.17) is 9.47 Å². The minimum absolute atomic E-state index is 0.514. The van der Waals surface area contributed by atoms with Gasteiger partial charge in [0, 0.05) is 56.3 Å². The highest BCUT2D eigenvalue weighted by molar-refractivity contribution is 5.65. The monoisotopic (exact) mass is 393 g/mol. The van der Waals surface area contributed by atoms with Crippen molar-refractivity contribution in [3.8, 4) is 28.5 Å². The summed E-state index contributed by atoms with van der Waals surface area (Å²) in [4.78, 5) is 7.09. The van der Waals surface area contributed by atoms with E-state index in [9.17, 15) is 0 Å². The van der Waals surface area contributed by atoms with Gasteiger partial charge in [0.2, 0.25) is 5.88 Å². The van der Waals surface area contributed by atoms with Crippen molar-refractivity contribution in [3.63, 3.8) is 0 Å². The molecule has 1 unspecified atom stereocenters. The van der Waals surface area contributed by atoms with Gasteiger partial charge in [-0.3, -0.25) is 0 Å². The molecule has 0 aliphatic carbocycles. The predicted molar refractivity (Wildman–Crippen MR) is 112 cm³/mol. The molecule has 0 radical (unpaired) electrons. The number of methoxy groups -OCH3 is 2. The second-order valence-electron chi connectivity index (χ2n) is 7.39. The first-order valence-electron chi connectivity index (χ1n) is 9.98. The van der Waals surface area contributed by atoms with Crippen LogP contribution >= 0.6 is 0 Å². The van der Waals surface area contributed by atoms with Crippen LogP contribution in [0.15, 0.2) is 48.8 Å². The Morgan fingerprint density at radius 1 is 1.03 bits per heavy atom. The van der Waals surface area contributed by atoms with Crippen LogP contribution in [0.1, 0.15) is 6.42 Å². The Balaban J connectivity index is 1.44. The first-order chi connectivity index (χ1) is 14.3. The molecule has 0 spiro atoms. The topological polar surface area (TPSA) is 65.3 Å². The van der Waals surface area contributed by atoms with Crippen LogP contribution in [0, 0.1) is 5.92 Å². The van der Waals surface area contributed by atoms with Crippen molar-refractivity contribution >= 4 is 0 Å². The lowest BCUT2D eigenvalue weighted by atomic mass is 10.1. The molecule has 0 saturated carbocycles. The summed E-state index contributed by atoms with van der Waals surface area (Å²) in [7, 11) is 3.35. The fraction of sp³-hybridized carbons (Fsp3) is 0.409. The van der Waals surface area contributed by atoms with Crippen LogP contribution in [-0.2, 0) is 11.3 Å². The van der Waals surface area contributed by atoms with Crippen molar-refractivity contribution in [2.45, 2.75) is 13.0 Å². The summed E-state index contributed by atoms with van der Waals surface area (Å²) in [5.74, 6) is 2.17. The molecular weight excluding hydrogens is 366 g/mol. The molecule has 0 amide bonds. The number of benzene rings is 1. The SMILES string of the molecule is COCCN1CCC(Cn2ccnc2-c2ccc(-c3ccc(OC)nn3)cc2)C1. The van der Waals surface area contributed by atoms with Crippen molar-refractivity contribution in [1.29, 1.82) is 0 Å². The Morgan fingerprint density at radius 3 is 2.59 bits per heavy atom. The van der Waals surface area contributed by atoms with E-state index >= 15 is 0 Å². The van der Waals surface area contributed by atoms with Crippen molar-refractivity contribution in [2.24, 2.45) is 5.92 Å². The van der Waals surface area contributed by atoms with Gasteiger partial charge in [0.25, 0.3) is 0 Å². The van der Waals surface area contributed by atoms with Crippen LogP contribution in [0.2, 0.25) is 0 Å². The molecule has 7 heteroatoms. The zero-order chi connectivity index (χ0) is 20.1. The lowest BCUT2D eigenvalue weighted by Gasteiger charge is -2.16. The average molecular weight is 393 g/mol. The maximum Gasteiger partial charge on any atom is 0.233 e. The summed E-state index contributed by atoms with van der Waals surface area (Å²) in [5.41, 5.74) is 2.95. The van der Waals surface area contributed by atoms with Crippen molar-refractivity contribution in [2.75, 3.05) is 40.5 Å². The largest absolute Gasteiger partial charge is 0.480 e. The number of hydrogen-bond donors (Lipinski definition) is 0.